The van der Waals surface area contributed by atoms with Gasteiger partial charge in [0.05, 0.1) is 5.69 Å². The van der Waals surface area contributed by atoms with E-state index in [4.69, 9.17) is 16.6 Å². The SMILES string of the molecule is CC(=O)c1ccc(-c2cc(-c3ccc(Cl)cc3)c3nc(-c4ccccc4)cn3c2)cc1. The number of carbonyl (C=O) groups excluding carboxylic acids is 1. The maximum atomic E-state index is 11.6. The van der Waals surface area contributed by atoms with Crippen LogP contribution in [0.5, 0.6) is 0 Å². The molecule has 4 heteroatoms. The molecule has 0 aliphatic heterocycles. The summed E-state index contributed by atoms with van der Waals surface area (Å²) < 4.78 is 2.07. The van der Waals surface area contributed by atoms with Crippen LogP contribution in [0.15, 0.2) is 97.3 Å². The Morgan fingerprint density at radius 1 is 0.774 bits per heavy atom. The highest BCUT2D eigenvalue weighted by atomic mass is 35.5. The number of imidazole rings is 1. The topological polar surface area (TPSA) is 34.4 Å². The van der Waals surface area contributed by atoms with Crippen LogP contribution in [-0.2, 0) is 0 Å². The molecule has 150 valence electrons. The average molecular weight is 423 g/mol. The molecule has 31 heavy (non-hydrogen) atoms. The molecule has 0 N–H and O–H groups in total. The first kappa shape index (κ1) is 19.3. The Hall–Kier alpha value is -3.69. The van der Waals surface area contributed by atoms with E-state index < -0.39 is 0 Å². The number of halogens is 1. The zero-order valence-electron chi connectivity index (χ0n) is 16.9. The van der Waals surface area contributed by atoms with E-state index in [1.807, 2.05) is 66.7 Å². The number of hydrogen-bond donors (Lipinski definition) is 0. The summed E-state index contributed by atoms with van der Waals surface area (Å²) in [4.78, 5) is 16.6. The van der Waals surface area contributed by atoms with Crippen molar-refractivity contribution in [1.82, 2.24) is 9.38 Å². The number of hydrogen-bond acceptors (Lipinski definition) is 2. The molecular weight excluding hydrogens is 404 g/mol. The van der Waals surface area contributed by atoms with Gasteiger partial charge in [-0.3, -0.25) is 4.79 Å². The first-order chi connectivity index (χ1) is 15.1. The number of ketones is 1. The van der Waals surface area contributed by atoms with E-state index in [2.05, 4.69) is 35.0 Å². The maximum Gasteiger partial charge on any atom is 0.159 e. The Balaban J connectivity index is 1.72. The van der Waals surface area contributed by atoms with Crippen LogP contribution in [0.4, 0.5) is 0 Å². The van der Waals surface area contributed by atoms with Gasteiger partial charge in [-0.05, 0) is 41.8 Å². The molecule has 0 saturated heterocycles. The number of rotatable bonds is 4. The molecule has 0 saturated carbocycles. The predicted octanol–water partition coefficient (Wildman–Crippen LogP) is 7.19. The van der Waals surface area contributed by atoms with Gasteiger partial charge in [0.1, 0.15) is 5.65 Å². The Morgan fingerprint density at radius 3 is 2.13 bits per heavy atom. The number of Topliss-reactive ketones (excluding diaryl/α,β-unsaturated/α-hetero) is 1. The monoisotopic (exact) mass is 422 g/mol. The van der Waals surface area contributed by atoms with Gasteiger partial charge < -0.3 is 4.40 Å². The lowest BCUT2D eigenvalue weighted by Crippen LogP contribution is -1.93. The number of aromatic nitrogens is 2. The zero-order chi connectivity index (χ0) is 21.4. The van der Waals surface area contributed by atoms with E-state index in [0.29, 0.717) is 10.6 Å². The highest BCUT2D eigenvalue weighted by Crippen LogP contribution is 2.32. The fourth-order valence-electron chi connectivity index (χ4n) is 3.74. The third kappa shape index (κ3) is 3.76. The molecule has 2 aromatic heterocycles. The molecular formula is C27H19ClN2O. The molecule has 3 aromatic carbocycles. The van der Waals surface area contributed by atoms with E-state index >= 15 is 0 Å². The second-order valence-electron chi connectivity index (χ2n) is 7.51. The zero-order valence-corrected chi connectivity index (χ0v) is 17.7. The minimum absolute atomic E-state index is 0.0611. The summed E-state index contributed by atoms with van der Waals surface area (Å²) in [5.41, 5.74) is 7.72. The van der Waals surface area contributed by atoms with Gasteiger partial charge in [-0.1, -0.05) is 78.3 Å². The Kier molecular flexibility index (Phi) is 4.89. The molecule has 0 aliphatic carbocycles. The van der Waals surface area contributed by atoms with Crippen molar-refractivity contribution in [3.63, 3.8) is 0 Å². The van der Waals surface area contributed by atoms with Crippen LogP contribution in [0, 0.1) is 0 Å². The molecule has 0 unspecified atom stereocenters. The van der Waals surface area contributed by atoms with Crippen molar-refractivity contribution in [2.24, 2.45) is 0 Å². The number of nitrogens with zero attached hydrogens (tertiary/aromatic N) is 2. The average Bonchev–Trinajstić information content (AvgIpc) is 3.24. The second-order valence-corrected chi connectivity index (χ2v) is 7.94. The number of carbonyl (C=O) groups is 1. The van der Waals surface area contributed by atoms with Crippen molar-refractivity contribution in [1.29, 1.82) is 0 Å². The van der Waals surface area contributed by atoms with Crippen molar-refractivity contribution in [3.05, 3.63) is 108 Å². The van der Waals surface area contributed by atoms with Gasteiger partial charge in [-0.2, -0.15) is 0 Å². The molecule has 2 heterocycles. The van der Waals surface area contributed by atoms with Crippen LogP contribution in [0.3, 0.4) is 0 Å². The van der Waals surface area contributed by atoms with Gasteiger partial charge in [0.15, 0.2) is 5.78 Å². The lowest BCUT2D eigenvalue weighted by molar-refractivity contribution is 0.101. The van der Waals surface area contributed by atoms with Crippen LogP contribution < -0.4 is 0 Å². The molecule has 3 nitrogen and oxygen atoms in total. The number of fused-ring (bicyclic) bond motifs is 1. The first-order valence-corrected chi connectivity index (χ1v) is 10.4. The van der Waals surface area contributed by atoms with E-state index in [-0.39, 0.29) is 5.78 Å². The molecule has 0 aliphatic rings. The van der Waals surface area contributed by atoms with Gasteiger partial charge in [0, 0.05) is 34.1 Å². The van der Waals surface area contributed by atoms with E-state index in [9.17, 15) is 4.79 Å². The minimum Gasteiger partial charge on any atom is -0.305 e. The molecule has 0 atom stereocenters. The normalized spacial score (nSPS) is 11.0. The van der Waals surface area contributed by atoms with Gasteiger partial charge in [-0.25, -0.2) is 4.98 Å². The summed E-state index contributed by atoms with van der Waals surface area (Å²) in [6.45, 7) is 1.58. The smallest absolute Gasteiger partial charge is 0.159 e. The van der Waals surface area contributed by atoms with Crippen molar-refractivity contribution in [2.75, 3.05) is 0 Å². The first-order valence-electron chi connectivity index (χ1n) is 10.0. The van der Waals surface area contributed by atoms with Gasteiger partial charge >= 0.3 is 0 Å². The van der Waals surface area contributed by atoms with Gasteiger partial charge in [0.2, 0.25) is 0 Å². The third-order valence-electron chi connectivity index (χ3n) is 5.40. The Bertz CT molecular complexity index is 1390. The lowest BCUT2D eigenvalue weighted by atomic mass is 10.00. The van der Waals surface area contributed by atoms with Gasteiger partial charge in [-0.15, -0.1) is 0 Å². The Morgan fingerprint density at radius 2 is 1.45 bits per heavy atom. The van der Waals surface area contributed by atoms with Crippen molar-refractivity contribution < 1.29 is 4.79 Å². The molecule has 5 rings (SSSR count). The highest BCUT2D eigenvalue weighted by molar-refractivity contribution is 6.30. The maximum absolute atomic E-state index is 11.6. The molecule has 0 bridgehead atoms. The summed E-state index contributed by atoms with van der Waals surface area (Å²) in [6.07, 6.45) is 4.13. The third-order valence-corrected chi connectivity index (χ3v) is 5.65. The standard InChI is InChI=1S/C27H19ClN2O/c1-18(31)19-7-9-20(10-8-19)23-15-25(21-11-13-24(28)14-12-21)27-29-26(17-30(27)16-23)22-5-3-2-4-6-22/h2-17H,1H3. The molecule has 0 radical (unpaired) electrons. The van der Waals surface area contributed by atoms with Gasteiger partial charge in [0.25, 0.3) is 0 Å². The van der Waals surface area contributed by atoms with Crippen molar-refractivity contribution in [3.8, 4) is 33.5 Å². The van der Waals surface area contributed by atoms with E-state index in [0.717, 1.165) is 39.2 Å². The number of pyridine rings is 1. The van der Waals surface area contributed by atoms with Crippen LogP contribution in [0.25, 0.3) is 39.2 Å². The largest absolute Gasteiger partial charge is 0.305 e. The lowest BCUT2D eigenvalue weighted by Gasteiger charge is -2.10. The van der Waals surface area contributed by atoms with Crippen LogP contribution in [0.1, 0.15) is 17.3 Å². The van der Waals surface area contributed by atoms with E-state index in [1.165, 1.54) is 0 Å². The van der Waals surface area contributed by atoms with Crippen molar-refractivity contribution in [2.45, 2.75) is 6.92 Å². The Labute approximate surface area is 185 Å². The predicted molar refractivity (Wildman–Crippen MR) is 127 cm³/mol. The summed E-state index contributed by atoms with van der Waals surface area (Å²) in [5, 5.41) is 0.698. The fourth-order valence-corrected chi connectivity index (χ4v) is 3.87. The molecule has 0 fully saturated rings. The summed E-state index contributed by atoms with van der Waals surface area (Å²) in [6, 6.07) is 27.8. The minimum atomic E-state index is 0.0611. The summed E-state index contributed by atoms with van der Waals surface area (Å²) in [7, 11) is 0. The number of benzene rings is 3. The fraction of sp³-hybridized carbons (Fsp3) is 0.0370. The molecule has 0 spiro atoms. The summed E-state index contributed by atoms with van der Waals surface area (Å²) >= 11 is 6.12. The molecule has 0 amide bonds. The quantitative estimate of drug-likeness (QED) is 0.287. The van der Waals surface area contributed by atoms with E-state index in [1.54, 1.807) is 6.92 Å². The van der Waals surface area contributed by atoms with Crippen LogP contribution >= 0.6 is 11.6 Å². The second kappa shape index (κ2) is 7.86. The van der Waals surface area contributed by atoms with Crippen LogP contribution in [-0.4, -0.2) is 15.2 Å². The molecule has 5 aromatic rings. The van der Waals surface area contributed by atoms with Crippen molar-refractivity contribution >= 4 is 23.0 Å². The summed E-state index contributed by atoms with van der Waals surface area (Å²) in [5.74, 6) is 0.0611. The van der Waals surface area contributed by atoms with Crippen LogP contribution in [0.2, 0.25) is 5.02 Å². The highest BCUT2D eigenvalue weighted by Gasteiger charge is 2.13.